The summed E-state index contributed by atoms with van der Waals surface area (Å²) in [6.07, 6.45) is 2.01. The topological polar surface area (TPSA) is 130 Å². The lowest BCUT2D eigenvalue weighted by molar-refractivity contribution is -0.157. The molecule has 0 aliphatic heterocycles. The van der Waals surface area contributed by atoms with Gasteiger partial charge in [0.05, 0.1) is 12.5 Å². The number of nitrogens with two attached hydrogens (primary N) is 1. The van der Waals surface area contributed by atoms with Gasteiger partial charge in [-0.25, -0.2) is 0 Å². The van der Waals surface area contributed by atoms with E-state index in [9.17, 15) is 19.5 Å². The minimum atomic E-state index is -1.23. The third kappa shape index (κ3) is 5.70. The van der Waals surface area contributed by atoms with E-state index in [1.807, 2.05) is 0 Å². The highest BCUT2D eigenvalue weighted by Crippen LogP contribution is 2.48. The predicted molar refractivity (Wildman–Crippen MR) is 126 cm³/mol. The van der Waals surface area contributed by atoms with E-state index in [1.165, 1.54) is 0 Å². The van der Waals surface area contributed by atoms with Crippen LogP contribution in [-0.2, 0) is 14.3 Å². The molecule has 3 N–H and O–H groups in total. The Morgan fingerprint density at radius 1 is 1.09 bits per heavy atom. The highest BCUT2D eigenvalue weighted by atomic mass is 16.5. The molecule has 3 rings (SSSR count). The molecule has 0 aromatic heterocycles. The Bertz CT molecular complexity index is 1030. The number of nitriles is 1. The molecule has 0 saturated heterocycles. The molecule has 178 valence electrons. The first-order chi connectivity index (χ1) is 16.4. The van der Waals surface area contributed by atoms with Crippen LogP contribution >= 0.6 is 0 Å². The number of hydrogen-bond acceptors (Lipinski definition) is 6. The van der Waals surface area contributed by atoms with Crippen molar-refractivity contribution in [3.63, 3.8) is 0 Å². The van der Waals surface area contributed by atoms with E-state index >= 15 is 0 Å². The zero-order valence-electron chi connectivity index (χ0n) is 19.1. The van der Waals surface area contributed by atoms with Gasteiger partial charge in [0, 0.05) is 23.0 Å². The number of nitrogens with zero attached hydrogens (tertiary/aromatic N) is 1. The van der Waals surface area contributed by atoms with E-state index in [2.05, 4.69) is 6.07 Å². The second-order valence-electron chi connectivity index (χ2n) is 8.88. The Balaban J connectivity index is 1.92. The number of aliphatic carboxylic acids is 1. The molecule has 2 aromatic carbocycles. The van der Waals surface area contributed by atoms with Crippen molar-refractivity contribution in [3.8, 4) is 6.07 Å². The van der Waals surface area contributed by atoms with E-state index in [0.717, 1.165) is 12.8 Å². The fourth-order valence-electron chi connectivity index (χ4n) is 5.12. The Morgan fingerprint density at radius 2 is 1.74 bits per heavy atom. The van der Waals surface area contributed by atoms with Gasteiger partial charge >= 0.3 is 11.9 Å². The van der Waals surface area contributed by atoms with Crippen molar-refractivity contribution in [2.24, 2.45) is 17.1 Å². The number of benzene rings is 2. The van der Waals surface area contributed by atoms with Gasteiger partial charge in [0.1, 0.15) is 6.04 Å². The Labute approximate surface area is 199 Å². The molecule has 0 bridgehead atoms. The molecule has 1 aliphatic carbocycles. The summed E-state index contributed by atoms with van der Waals surface area (Å²) in [4.78, 5) is 38.5. The Morgan fingerprint density at radius 3 is 2.35 bits per heavy atom. The standard InChI is InChI=1S/C27H30N2O5/c28-17-9-15-21-14-7-8-16-27(21,18-22(30)31)25(29)26(33)34-24(20-12-5-2-6-13-20)23(32)19-10-3-1-4-11-19/h1-6,10-13,21,24-25H,7-9,14-16,18,29H2,(H,30,31). The number of ether oxygens (including phenoxy) is 1. The average molecular weight is 463 g/mol. The molecule has 7 heteroatoms. The summed E-state index contributed by atoms with van der Waals surface area (Å²) in [6, 6.07) is 18.1. The van der Waals surface area contributed by atoms with Gasteiger partial charge in [-0.2, -0.15) is 5.26 Å². The van der Waals surface area contributed by atoms with Gasteiger partial charge in [-0.05, 0) is 25.2 Å². The van der Waals surface area contributed by atoms with Crippen LogP contribution in [0.5, 0.6) is 0 Å². The monoisotopic (exact) mass is 462 g/mol. The largest absolute Gasteiger partial charge is 0.481 e. The predicted octanol–water partition coefficient (Wildman–Crippen LogP) is 4.44. The number of Topliss-reactive ketones (excluding diaryl/α,β-unsaturated/α-hetero) is 1. The first-order valence-corrected chi connectivity index (χ1v) is 11.6. The second-order valence-corrected chi connectivity index (χ2v) is 8.88. The molecule has 7 nitrogen and oxygen atoms in total. The maximum atomic E-state index is 13.4. The first kappa shape index (κ1) is 25.1. The Hall–Kier alpha value is -3.50. The van der Waals surface area contributed by atoms with Crippen LogP contribution in [0, 0.1) is 22.7 Å². The lowest BCUT2D eigenvalue weighted by Gasteiger charge is -2.46. The molecule has 0 heterocycles. The molecule has 0 radical (unpaired) electrons. The lowest BCUT2D eigenvalue weighted by atomic mass is 9.59. The van der Waals surface area contributed by atoms with E-state index in [1.54, 1.807) is 60.7 Å². The maximum absolute atomic E-state index is 13.4. The fourth-order valence-corrected chi connectivity index (χ4v) is 5.12. The van der Waals surface area contributed by atoms with E-state index < -0.39 is 29.5 Å². The quantitative estimate of drug-likeness (QED) is 0.394. The number of hydrogen-bond donors (Lipinski definition) is 2. The van der Waals surface area contributed by atoms with Crippen molar-refractivity contribution >= 4 is 17.7 Å². The molecule has 4 atom stereocenters. The van der Waals surface area contributed by atoms with Gasteiger partial charge < -0.3 is 15.6 Å². The van der Waals surface area contributed by atoms with Crippen molar-refractivity contribution in [2.75, 3.05) is 0 Å². The van der Waals surface area contributed by atoms with Gasteiger partial charge in [-0.15, -0.1) is 0 Å². The van der Waals surface area contributed by atoms with Gasteiger partial charge in [-0.1, -0.05) is 73.5 Å². The number of esters is 1. The van der Waals surface area contributed by atoms with Crippen LogP contribution in [0.15, 0.2) is 60.7 Å². The number of rotatable bonds is 10. The molecular formula is C27H30N2O5. The maximum Gasteiger partial charge on any atom is 0.324 e. The zero-order chi connectivity index (χ0) is 24.6. The number of carbonyl (C=O) groups is 3. The van der Waals surface area contributed by atoms with E-state index in [0.29, 0.717) is 30.4 Å². The number of carboxylic acids is 1. The summed E-state index contributed by atoms with van der Waals surface area (Å²) in [5, 5.41) is 18.8. The fraction of sp³-hybridized carbons (Fsp3) is 0.407. The lowest BCUT2D eigenvalue weighted by Crippen LogP contribution is -2.54. The van der Waals surface area contributed by atoms with Gasteiger partial charge in [0.25, 0.3) is 0 Å². The molecule has 2 aromatic rings. The van der Waals surface area contributed by atoms with Gasteiger partial charge in [0.2, 0.25) is 5.78 Å². The summed E-state index contributed by atoms with van der Waals surface area (Å²) in [5.74, 6) is -2.43. The van der Waals surface area contributed by atoms with Crippen LogP contribution in [0.1, 0.15) is 67.0 Å². The smallest absolute Gasteiger partial charge is 0.324 e. The van der Waals surface area contributed by atoms with Crippen LogP contribution in [-0.4, -0.2) is 28.9 Å². The van der Waals surface area contributed by atoms with Crippen molar-refractivity contribution in [1.82, 2.24) is 0 Å². The van der Waals surface area contributed by atoms with E-state index in [-0.39, 0.29) is 24.5 Å². The molecule has 1 saturated carbocycles. The molecular weight excluding hydrogens is 432 g/mol. The SMILES string of the molecule is N#CCCC1CCCCC1(CC(=O)O)C(N)C(=O)OC(C(=O)c1ccccc1)c1ccccc1. The molecule has 0 spiro atoms. The molecule has 0 amide bonds. The highest BCUT2D eigenvalue weighted by molar-refractivity contribution is 6.01. The highest BCUT2D eigenvalue weighted by Gasteiger charge is 2.50. The summed E-state index contributed by atoms with van der Waals surface area (Å²) in [7, 11) is 0. The van der Waals surface area contributed by atoms with Crippen molar-refractivity contribution in [2.45, 2.75) is 57.1 Å². The second kappa shape index (κ2) is 11.6. The molecule has 1 fully saturated rings. The normalized spacial score (nSPS) is 21.6. The number of carboxylic acid groups (broad SMARTS) is 1. The molecule has 1 aliphatic rings. The zero-order valence-corrected chi connectivity index (χ0v) is 19.1. The summed E-state index contributed by atoms with van der Waals surface area (Å²) in [6.45, 7) is 0. The van der Waals surface area contributed by atoms with Crippen molar-refractivity contribution in [3.05, 3.63) is 71.8 Å². The van der Waals surface area contributed by atoms with Crippen LogP contribution in [0.2, 0.25) is 0 Å². The van der Waals surface area contributed by atoms with E-state index in [4.69, 9.17) is 15.7 Å². The Kier molecular flexibility index (Phi) is 8.55. The minimum Gasteiger partial charge on any atom is -0.481 e. The van der Waals surface area contributed by atoms with Crippen molar-refractivity contribution < 1.29 is 24.2 Å². The number of ketones is 1. The van der Waals surface area contributed by atoms with Gasteiger partial charge in [-0.3, -0.25) is 14.4 Å². The third-order valence-corrected chi connectivity index (χ3v) is 6.85. The van der Waals surface area contributed by atoms with Crippen LogP contribution in [0.3, 0.4) is 0 Å². The van der Waals surface area contributed by atoms with Gasteiger partial charge in [0.15, 0.2) is 6.10 Å². The van der Waals surface area contributed by atoms with Crippen LogP contribution in [0.4, 0.5) is 0 Å². The molecule has 34 heavy (non-hydrogen) atoms. The van der Waals surface area contributed by atoms with Crippen LogP contribution < -0.4 is 5.73 Å². The first-order valence-electron chi connectivity index (χ1n) is 11.6. The van der Waals surface area contributed by atoms with Crippen molar-refractivity contribution in [1.29, 1.82) is 5.26 Å². The number of carbonyl (C=O) groups excluding carboxylic acids is 2. The summed E-state index contributed by atoms with van der Waals surface area (Å²) < 4.78 is 5.76. The summed E-state index contributed by atoms with van der Waals surface area (Å²) in [5.41, 5.74) is 6.34. The summed E-state index contributed by atoms with van der Waals surface area (Å²) >= 11 is 0. The minimum absolute atomic E-state index is 0.195. The third-order valence-electron chi connectivity index (χ3n) is 6.85. The molecule has 4 unspecified atom stereocenters. The average Bonchev–Trinajstić information content (AvgIpc) is 2.86. The van der Waals surface area contributed by atoms with Crippen LogP contribution in [0.25, 0.3) is 0 Å².